The lowest BCUT2D eigenvalue weighted by Crippen LogP contribution is -1.44. The largest absolute Gasteiger partial charge is 0.351 e. The molecular weight excluding hydrogens is 109 g/mol. The maximum absolute atomic E-state index is 3.67. The molecule has 0 radical (unpaired) electrons. The molecule has 4 N–H and O–H groups in total. The highest BCUT2D eigenvalue weighted by molar-refractivity contribution is 6.92. The third-order valence-electron chi connectivity index (χ3n) is 0.406. The average Bonchev–Trinajstić information content (AvgIpc) is 1.76. The van der Waals surface area contributed by atoms with E-state index in [0.717, 1.165) is 0 Å². The zero-order valence-corrected chi connectivity index (χ0v) is 5.51. The van der Waals surface area contributed by atoms with E-state index < -0.39 is 0 Å². The van der Waals surface area contributed by atoms with E-state index in [2.05, 4.69) is 9.97 Å². The van der Waals surface area contributed by atoms with Crippen molar-refractivity contribution in [1.29, 1.82) is 0 Å². The second kappa shape index (κ2) is 5.60. The Morgan fingerprint density at radius 3 is 2.29 bits per heavy atom. The van der Waals surface area contributed by atoms with Gasteiger partial charge in [-0.15, -0.1) is 0 Å². The number of hydrogen-bond acceptors (Lipinski definition) is 2. The molecular formula is C3H10N3P. The summed E-state index contributed by atoms with van der Waals surface area (Å²) in [5, 5.41) is 0. The van der Waals surface area contributed by atoms with Gasteiger partial charge in [0.05, 0.1) is 6.33 Å². The summed E-state index contributed by atoms with van der Waals surface area (Å²) in [7, 11) is 0. The van der Waals surface area contributed by atoms with Gasteiger partial charge in [0.15, 0.2) is 0 Å². The summed E-state index contributed by atoms with van der Waals surface area (Å²) >= 11 is 0. The van der Waals surface area contributed by atoms with Gasteiger partial charge in [-0.05, 0) is 0 Å². The topological polar surface area (TPSA) is 63.7 Å². The van der Waals surface area contributed by atoms with Crippen LogP contribution in [-0.2, 0) is 0 Å². The smallest absolute Gasteiger partial charge is 0.0919 e. The highest BCUT2D eigenvalue weighted by Gasteiger charge is 1.56. The molecule has 1 heterocycles. The van der Waals surface area contributed by atoms with Crippen LogP contribution in [0.15, 0.2) is 18.7 Å². The van der Waals surface area contributed by atoms with Crippen LogP contribution in [0.5, 0.6) is 0 Å². The minimum absolute atomic E-state index is 0. The molecule has 0 saturated heterocycles. The summed E-state index contributed by atoms with van der Waals surface area (Å²) < 4.78 is 0. The summed E-state index contributed by atoms with van der Waals surface area (Å²) in [6.07, 6.45) is 5.08. The monoisotopic (exact) mass is 119 g/mol. The molecule has 1 atom stereocenters. The quantitative estimate of drug-likeness (QED) is 0.492. The summed E-state index contributed by atoms with van der Waals surface area (Å²) in [5.74, 6) is 0. The number of hydrogen-bond donors (Lipinski definition) is 2. The van der Waals surface area contributed by atoms with E-state index in [9.17, 15) is 0 Å². The first-order valence-electron chi connectivity index (χ1n) is 1.43. The molecule has 1 aromatic heterocycles. The number of imidazole rings is 1. The zero-order valence-electron chi connectivity index (χ0n) is 4.09. The molecule has 4 heteroatoms. The van der Waals surface area contributed by atoms with Gasteiger partial charge in [-0.3, -0.25) is 0 Å². The summed E-state index contributed by atoms with van der Waals surface area (Å²) in [5.41, 5.74) is 0. The Labute approximate surface area is 45.7 Å². The molecule has 1 rings (SSSR count). The van der Waals surface area contributed by atoms with Gasteiger partial charge in [0, 0.05) is 12.4 Å². The average molecular weight is 119 g/mol. The van der Waals surface area contributed by atoms with Gasteiger partial charge in [0.1, 0.15) is 0 Å². The Hall–Kier alpha value is -0.400. The fourth-order valence-electron chi connectivity index (χ4n) is 0.215. The summed E-state index contributed by atoms with van der Waals surface area (Å²) in [6.45, 7) is 0. The molecule has 3 nitrogen and oxygen atoms in total. The van der Waals surface area contributed by atoms with Crippen molar-refractivity contribution >= 4 is 9.90 Å². The molecule has 1 unspecified atom stereocenters. The molecule has 0 aliphatic rings. The number of nitrogens with zero attached hydrogens (tertiary/aromatic N) is 1. The highest BCUT2D eigenvalue weighted by Crippen LogP contribution is 1.62. The molecule has 0 aliphatic heterocycles. The fraction of sp³-hybridized carbons (Fsp3) is 0. The van der Waals surface area contributed by atoms with E-state index in [0.29, 0.717) is 0 Å². The Bertz CT molecular complexity index is 66.7. The van der Waals surface area contributed by atoms with Gasteiger partial charge in [-0.2, -0.15) is 9.90 Å². The highest BCUT2D eigenvalue weighted by atomic mass is 31.0. The van der Waals surface area contributed by atoms with Gasteiger partial charge in [-0.25, -0.2) is 4.98 Å². The first-order valence-corrected chi connectivity index (χ1v) is 1.43. The van der Waals surface area contributed by atoms with Crippen molar-refractivity contribution in [1.82, 2.24) is 16.1 Å². The van der Waals surface area contributed by atoms with Crippen LogP contribution in [0.4, 0.5) is 0 Å². The van der Waals surface area contributed by atoms with E-state index in [1.54, 1.807) is 18.7 Å². The van der Waals surface area contributed by atoms with E-state index >= 15 is 0 Å². The number of H-pyrrole nitrogens is 1. The van der Waals surface area contributed by atoms with Crippen LogP contribution >= 0.6 is 9.90 Å². The van der Waals surface area contributed by atoms with E-state index in [-0.39, 0.29) is 16.0 Å². The molecule has 1 aromatic rings. The van der Waals surface area contributed by atoms with Crippen molar-refractivity contribution in [3.8, 4) is 0 Å². The third kappa shape index (κ3) is 3.43. The van der Waals surface area contributed by atoms with Crippen molar-refractivity contribution in [3.05, 3.63) is 18.7 Å². The van der Waals surface area contributed by atoms with Gasteiger partial charge >= 0.3 is 0 Å². The van der Waals surface area contributed by atoms with Crippen LogP contribution < -0.4 is 6.15 Å². The lowest BCUT2D eigenvalue weighted by molar-refractivity contribution is 1.31. The van der Waals surface area contributed by atoms with Gasteiger partial charge < -0.3 is 11.1 Å². The molecule has 0 aromatic carbocycles. The predicted octanol–water partition coefficient (Wildman–Crippen LogP) is 0.630. The fourth-order valence-corrected chi connectivity index (χ4v) is 0.215. The van der Waals surface area contributed by atoms with Crippen LogP contribution in [0, 0.1) is 0 Å². The van der Waals surface area contributed by atoms with Gasteiger partial charge in [-0.1, -0.05) is 0 Å². The number of nitrogens with one attached hydrogen (secondary N) is 1. The number of rotatable bonds is 0. The second-order valence-electron chi connectivity index (χ2n) is 0.761. The van der Waals surface area contributed by atoms with E-state index in [1.165, 1.54) is 0 Å². The van der Waals surface area contributed by atoms with Gasteiger partial charge in [0.2, 0.25) is 0 Å². The summed E-state index contributed by atoms with van der Waals surface area (Å²) in [6, 6.07) is 0. The van der Waals surface area contributed by atoms with Crippen molar-refractivity contribution in [3.63, 3.8) is 0 Å². The van der Waals surface area contributed by atoms with Crippen LogP contribution in [0.1, 0.15) is 0 Å². The maximum Gasteiger partial charge on any atom is 0.0919 e. The Morgan fingerprint density at radius 2 is 2.14 bits per heavy atom. The zero-order chi connectivity index (χ0) is 3.54. The first-order chi connectivity index (χ1) is 2.50. The molecule has 0 aliphatic carbocycles. The number of aromatic amines is 1. The minimum Gasteiger partial charge on any atom is -0.351 e. The van der Waals surface area contributed by atoms with Crippen molar-refractivity contribution in [2.45, 2.75) is 0 Å². The predicted molar refractivity (Wildman–Crippen MR) is 34.7 cm³/mol. The van der Waals surface area contributed by atoms with E-state index in [4.69, 9.17) is 0 Å². The molecule has 7 heavy (non-hydrogen) atoms. The standard InChI is InChI=1S/C3H4N2.H3N.H3P/c1-2-5-3-4-1;;/h1-3H,(H,4,5);2*1H3. The lowest BCUT2D eigenvalue weighted by Gasteiger charge is -1.46. The number of aromatic nitrogens is 2. The molecule has 0 spiro atoms. The SMILES string of the molecule is N.P.c1c[nH]cn1. The lowest BCUT2D eigenvalue weighted by atomic mass is 11.0. The Kier molecular flexibility index (Phi) is 7.83. The molecule has 0 amide bonds. The Morgan fingerprint density at radius 1 is 1.43 bits per heavy atom. The third-order valence-corrected chi connectivity index (χ3v) is 0.406. The molecule has 0 saturated carbocycles. The molecule has 0 fully saturated rings. The Balaban J connectivity index is 0. The molecule has 0 bridgehead atoms. The van der Waals surface area contributed by atoms with Gasteiger partial charge in [0.25, 0.3) is 0 Å². The maximum atomic E-state index is 3.67. The summed E-state index contributed by atoms with van der Waals surface area (Å²) in [4.78, 5) is 6.42. The first kappa shape index (κ1) is 9.78. The second-order valence-corrected chi connectivity index (χ2v) is 0.761. The van der Waals surface area contributed by atoms with Crippen molar-refractivity contribution in [2.24, 2.45) is 0 Å². The minimum atomic E-state index is 0. The van der Waals surface area contributed by atoms with Crippen molar-refractivity contribution in [2.75, 3.05) is 0 Å². The van der Waals surface area contributed by atoms with Crippen molar-refractivity contribution < 1.29 is 0 Å². The normalized spacial score (nSPS) is 5.71. The van der Waals surface area contributed by atoms with Crippen LogP contribution in [-0.4, -0.2) is 9.97 Å². The van der Waals surface area contributed by atoms with Crippen LogP contribution in [0.3, 0.4) is 0 Å². The van der Waals surface area contributed by atoms with Crippen LogP contribution in [0.2, 0.25) is 0 Å². The van der Waals surface area contributed by atoms with E-state index in [1.807, 2.05) is 0 Å². The molecule has 42 valence electrons. The van der Waals surface area contributed by atoms with Crippen LogP contribution in [0.25, 0.3) is 0 Å².